The fraction of sp³-hybridized carbons (Fsp3) is 0.278. The molecule has 120 valence electrons. The predicted octanol–water partition coefficient (Wildman–Crippen LogP) is 4.76. The molecule has 0 N–H and O–H groups in total. The van der Waals surface area contributed by atoms with E-state index in [0.717, 1.165) is 33.0 Å². The van der Waals surface area contributed by atoms with Crippen molar-refractivity contribution in [3.63, 3.8) is 0 Å². The molecule has 0 amide bonds. The molecule has 0 aliphatic carbocycles. The van der Waals surface area contributed by atoms with E-state index in [1.54, 1.807) is 17.4 Å². The normalized spacial score (nSPS) is 11.5. The number of hydrogen-bond acceptors (Lipinski definition) is 4. The fourth-order valence-electron chi connectivity index (χ4n) is 2.70. The highest BCUT2D eigenvalue weighted by molar-refractivity contribution is 7.16. The molecule has 23 heavy (non-hydrogen) atoms. The van der Waals surface area contributed by atoms with Crippen LogP contribution in [0, 0.1) is 13.8 Å². The van der Waals surface area contributed by atoms with Gasteiger partial charge in [0.05, 0.1) is 4.34 Å². The van der Waals surface area contributed by atoms with E-state index in [1.165, 1.54) is 4.88 Å². The number of fused-ring (bicyclic) bond motifs is 1. The molecule has 5 heteroatoms. The minimum Gasteiger partial charge on any atom is -0.422 e. The topological polar surface area (TPSA) is 33.5 Å². The smallest absolute Gasteiger partial charge is 0.336 e. The summed E-state index contributed by atoms with van der Waals surface area (Å²) in [6.45, 7) is 5.49. The number of hydrogen-bond donors (Lipinski definition) is 0. The highest BCUT2D eigenvalue weighted by Crippen LogP contribution is 2.26. The van der Waals surface area contributed by atoms with E-state index in [-0.39, 0.29) is 5.63 Å². The van der Waals surface area contributed by atoms with Gasteiger partial charge in [0, 0.05) is 29.4 Å². The van der Waals surface area contributed by atoms with Crippen LogP contribution in [0.4, 0.5) is 0 Å². The summed E-state index contributed by atoms with van der Waals surface area (Å²) in [6.07, 6.45) is 0. The largest absolute Gasteiger partial charge is 0.422 e. The van der Waals surface area contributed by atoms with Gasteiger partial charge in [0.15, 0.2) is 0 Å². The SMILES string of the molecule is Cc1ccc2c(CN(C)Cc3ccc(Cl)s3)cc(=O)oc2c1C. The van der Waals surface area contributed by atoms with Gasteiger partial charge in [-0.3, -0.25) is 4.90 Å². The first kappa shape index (κ1) is 16.2. The van der Waals surface area contributed by atoms with Gasteiger partial charge >= 0.3 is 5.63 Å². The van der Waals surface area contributed by atoms with Crippen LogP contribution in [0.5, 0.6) is 0 Å². The Kier molecular flexibility index (Phi) is 4.57. The third-order valence-electron chi connectivity index (χ3n) is 4.01. The van der Waals surface area contributed by atoms with E-state index >= 15 is 0 Å². The molecule has 0 unspecified atom stereocenters. The zero-order valence-corrected chi connectivity index (χ0v) is 14.9. The van der Waals surface area contributed by atoms with Crippen LogP contribution in [0.15, 0.2) is 39.5 Å². The molecule has 0 aliphatic heterocycles. The molecule has 0 atom stereocenters. The van der Waals surface area contributed by atoms with Crippen molar-refractivity contribution < 1.29 is 4.42 Å². The molecular weight excluding hydrogens is 330 g/mol. The van der Waals surface area contributed by atoms with Crippen LogP contribution in [0.3, 0.4) is 0 Å². The number of nitrogens with zero attached hydrogens (tertiary/aromatic N) is 1. The van der Waals surface area contributed by atoms with Gasteiger partial charge in [0.2, 0.25) is 0 Å². The van der Waals surface area contributed by atoms with Gasteiger partial charge < -0.3 is 4.42 Å². The maximum atomic E-state index is 11.9. The molecule has 0 saturated carbocycles. The van der Waals surface area contributed by atoms with Crippen molar-refractivity contribution in [2.75, 3.05) is 7.05 Å². The Morgan fingerprint density at radius 2 is 1.96 bits per heavy atom. The van der Waals surface area contributed by atoms with Crippen LogP contribution in [0.25, 0.3) is 11.0 Å². The van der Waals surface area contributed by atoms with Gasteiger partial charge in [0.25, 0.3) is 0 Å². The van der Waals surface area contributed by atoms with Crippen LogP contribution in [0.1, 0.15) is 21.6 Å². The van der Waals surface area contributed by atoms with Crippen molar-refractivity contribution in [3.05, 3.63) is 66.7 Å². The molecule has 0 bridgehead atoms. The third kappa shape index (κ3) is 3.50. The van der Waals surface area contributed by atoms with E-state index in [9.17, 15) is 4.79 Å². The summed E-state index contributed by atoms with van der Waals surface area (Å²) in [5, 5.41) is 1.00. The Morgan fingerprint density at radius 1 is 1.17 bits per heavy atom. The van der Waals surface area contributed by atoms with Gasteiger partial charge in [-0.05, 0) is 49.7 Å². The van der Waals surface area contributed by atoms with Crippen LogP contribution in [-0.4, -0.2) is 11.9 Å². The predicted molar refractivity (Wildman–Crippen MR) is 96.5 cm³/mol. The molecule has 0 fully saturated rings. The minimum atomic E-state index is -0.297. The quantitative estimate of drug-likeness (QED) is 0.638. The lowest BCUT2D eigenvalue weighted by Crippen LogP contribution is -2.18. The first-order chi connectivity index (χ1) is 10.9. The van der Waals surface area contributed by atoms with Gasteiger partial charge in [-0.25, -0.2) is 4.79 Å². The number of benzene rings is 1. The molecule has 2 heterocycles. The zero-order chi connectivity index (χ0) is 16.6. The van der Waals surface area contributed by atoms with E-state index in [4.69, 9.17) is 16.0 Å². The molecule has 1 aromatic carbocycles. The Bertz CT molecular complexity index is 913. The number of aryl methyl sites for hydroxylation is 2. The Hall–Kier alpha value is -1.62. The standard InChI is InChI=1S/C18H18ClNO2S/c1-11-4-6-15-13(8-17(21)22-18(15)12(11)2)9-20(3)10-14-5-7-16(19)23-14/h4-8H,9-10H2,1-3H3. The lowest BCUT2D eigenvalue weighted by molar-refractivity contribution is 0.322. The number of thiophene rings is 1. The van der Waals surface area contributed by atoms with Crippen molar-refractivity contribution >= 4 is 33.9 Å². The molecule has 3 rings (SSSR count). The highest BCUT2D eigenvalue weighted by atomic mass is 35.5. The monoisotopic (exact) mass is 347 g/mol. The molecule has 0 radical (unpaired) electrons. The van der Waals surface area contributed by atoms with Crippen LogP contribution in [-0.2, 0) is 13.1 Å². The summed E-state index contributed by atoms with van der Waals surface area (Å²) < 4.78 is 6.22. The summed E-state index contributed by atoms with van der Waals surface area (Å²) in [4.78, 5) is 15.3. The second-order valence-electron chi connectivity index (χ2n) is 5.85. The summed E-state index contributed by atoms with van der Waals surface area (Å²) in [7, 11) is 2.04. The van der Waals surface area contributed by atoms with Crippen molar-refractivity contribution in [3.8, 4) is 0 Å². The average Bonchev–Trinajstić information content (AvgIpc) is 2.88. The summed E-state index contributed by atoms with van der Waals surface area (Å²) >= 11 is 7.56. The molecule has 3 aromatic rings. The number of rotatable bonds is 4. The average molecular weight is 348 g/mol. The molecule has 0 aliphatic rings. The Balaban J connectivity index is 1.93. The van der Waals surface area contributed by atoms with E-state index in [0.29, 0.717) is 12.1 Å². The Morgan fingerprint density at radius 3 is 2.65 bits per heavy atom. The summed E-state index contributed by atoms with van der Waals surface area (Å²) in [6, 6.07) is 9.64. The van der Waals surface area contributed by atoms with Gasteiger partial charge in [-0.1, -0.05) is 23.7 Å². The second-order valence-corrected chi connectivity index (χ2v) is 7.65. The van der Waals surface area contributed by atoms with Crippen molar-refractivity contribution in [2.24, 2.45) is 0 Å². The fourth-order valence-corrected chi connectivity index (χ4v) is 3.87. The second kappa shape index (κ2) is 6.48. The summed E-state index contributed by atoms with van der Waals surface area (Å²) in [5.74, 6) is 0. The lowest BCUT2D eigenvalue weighted by atomic mass is 10.0. The Labute approximate surface area is 144 Å². The van der Waals surface area contributed by atoms with E-state index in [1.807, 2.05) is 39.1 Å². The molecule has 2 aromatic heterocycles. The molecule has 0 spiro atoms. The van der Waals surface area contributed by atoms with Crippen molar-refractivity contribution in [1.82, 2.24) is 4.90 Å². The minimum absolute atomic E-state index is 0.297. The lowest BCUT2D eigenvalue weighted by Gasteiger charge is -2.17. The third-order valence-corrected chi connectivity index (χ3v) is 5.23. The van der Waals surface area contributed by atoms with E-state index in [2.05, 4.69) is 11.0 Å². The summed E-state index contributed by atoms with van der Waals surface area (Å²) in [5.41, 5.74) is 3.53. The van der Waals surface area contributed by atoms with Gasteiger partial charge in [-0.15, -0.1) is 11.3 Å². The maximum Gasteiger partial charge on any atom is 0.336 e. The first-order valence-corrected chi connectivity index (χ1v) is 8.59. The zero-order valence-electron chi connectivity index (χ0n) is 13.4. The van der Waals surface area contributed by atoms with Gasteiger partial charge in [0.1, 0.15) is 5.58 Å². The first-order valence-electron chi connectivity index (χ1n) is 7.40. The van der Waals surface area contributed by atoms with Crippen LogP contribution < -0.4 is 5.63 Å². The van der Waals surface area contributed by atoms with Gasteiger partial charge in [-0.2, -0.15) is 0 Å². The van der Waals surface area contributed by atoms with Crippen LogP contribution in [0.2, 0.25) is 4.34 Å². The highest BCUT2D eigenvalue weighted by Gasteiger charge is 2.12. The maximum absolute atomic E-state index is 11.9. The molecule has 3 nitrogen and oxygen atoms in total. The van der Waals surface area contributed by atoms with Crippen LogP contribution >= 0.6 is 22.9 Å². The van der Waals surface area contributed by atoms with Crippen molar-refractivity contribution in [2.45, 2.75) is 26.9 Å². The van der Waals surface area contributed by atoms with E-state index < -0.39 is 0 Å². The molecular formula is C18H18ClNO2S. The number of halogens is 1. The van der Waals surface area contributed by atoms with Crippen molar-refractivity contribution in [1.29, 1.82) is 0 Å². The molecule has 0 saturated heterocycles.